The van der Waals surface area contributed by atoms with Gasteiger partial charge in [0.2, 0.25) is 0 Å². The largest absolute Gasteiger partial charge is 0.376 e. The number of nitrogens with one attached hydrogen (secondary N) is 1. The number of hydrogen-bond acceptors (Lipinski definition) is 2. The van der Waals surface area contributed by atoms with E-state index in [1.165, 1.54) is 57.8 Å². The number of likely N-dealkylation sites (N-methyl/N-ethyl adjacent to an activating group) is 1. The standard InChI is InChI=1S/C16H29NO/c1-3-17-15(14-10-6-4-5-7-11-14)16(18-2)12-8-9-13-16/h10,15,17H,3-9,11-13H2,1-2H3. The Morgan fingerprint density at radius 3 is 2.67 bits per heavy atom. The third kappa shape index (κ3) is 2.97. The molecule has 0 radical (unpaired) electrons. The van der Waals surface area contributed by atoms with Crippen molar-refractivity contribution >= 4 is 0 Å². The molecule has 0 heterocycles. The number of ether oxygens (including phenoxy) is 1. The minimum atomic E-state index is 0.0756. The van der Waals surface area contributed by atoms with E-state index in [0.717, 1.165) is 6.54 Å². The molecule has 2 aliphatic rings. The van der Waals surface area contributed by atoms with Crippen molar-refractivity contribution in [1.29, 1.82) is 0 Å². The molecule has 104 valence electrons. The second-order valence-corrected chi connectivity index (χ2v) is 5.85. The van der Waals surface area contributed by atoms with Crippen molar-refractivity contribution in [1.82, 2.24) is 5.32 Å². The fraction of sp³-hybridized carbons (Fsp3) is 0.875. The molecule has 1 fully saturated rings. The van der Waals surface area contributed by atoms with Crippen LogP contribution in [0.25, 0.3) is 0 Å². The van der Waals surface area contributed by atoms with E-state index in [2.05, 4.69) is 18.3 Å². The van der Waals surface area contributed by atoms with Crippen LogP contribution in [0.2, 0.25) is 0 Å². The summed E-state index contributed by atoms with van der Waals surface area (Å²) < 4.78 is 6.00. The molecule has 0 aromatic carbocycles. The highest BCUT2D eigenvalue weighted by molar-refractivity contribution is 5.19. The van der Waals surface area contributed by atoms with Gasteiger partial charge in [0.1, 0.15) is 0 Å². The third-order valence-corrected chi connectivity index (χ3v) is 4.74. The summed E-state index contributed by atoms with van der Waals surface area (Å²) in [5.74, 6) is 0. The van der Waals surface area contributed by atoms with Crippen molar-refractivity contribution in [3.05, 3.63) is 11.6 Å². The molecule has 1 N–H and O–H groups in total. The fourth-order valence-corrected chi connectivity index (χ4v) is 3.75. The Bertz CT molecular complexity index is 279. The average molecular weight is 251 g/mol. The molecule has 2 heteroatoms. The number of rotatable bonds is 5. The first-order chi connectivity index (χ1) is 8.82. The minimum absolute atomic E-state index is 0.0756. The average Bonchev–Trinajstić information content (AvgIpc) is 2.72. The van der Waals surface area contributed by atoms with Gasteiger partial charge in [-0.25, -0.2) is 0 Å². The highest BCUT2D eigenvalue weighted by Crippen LogP contribution is 2.39. The van der Waals surface area contributed by atoms with E-state index < -0.39 is 0 Å². The van der Waals surface area contributed by atoms with Crippen LogP contribution in [0, 0.1) is 0 Å². The molecule has 0 aromatic heterocycles. The van der Waals surface area contributed by atoms with Crippen LogP contribution < -0.4 is 5.32 Å². The van der Waals surface area contributed by atoms with E-state index in [-0.39, 0.29) is 5.60 Å². The first kappa shape index (κ1) is 14.1. The summed E-state index contributed by atoms with van der Waals surface area (Å²) in [6, 6.07) is 0.452. The van der Waals surface area contributed by atoms with E-state index in [1.54, 1.807) is 5.57 Å². The Morgan fingerprint density at radius 1 is 1.22 bits per heavy atom. The van der Waals surface area contributed by atoms with Gasteiger partial charge in [-0.3, -0.25) is 0 Å². The lowest BCUT2D eigenvalue weighted by Crippen LogP contribution is -2.51. The van der Waals surface area contributed by atoms with Gasteiger partial charge in [0.05, 0.1) is 11.6 Å². The summed E-state index contributed by atoms with van der Waals surface area (Å²) in [6.45, 7) is 3.25. The molecule has 1 saturated carbocycles. The van der Waals surface area contributed by atoms with Crippen molar-refractivity contribution < 1.29 is 4.74 Å². The summed E-state index contributed by atoms with van der Waals surface area (Å²) in [7, 11) is 1.91. The van der Waals surface area contributed by atoms with Crippen LogP contribution in [0.1, 0.15) is 64.7 Å². The normalized spacial score (nSPS) is 25.6. The van der Waals surface area contributed by atoms with Crippen molar-refractivity contribution in [2.75, 3.05) is 13.7 Å². The summed E-state index contributed by atoms with van der Waals surface area (Å²) in [5.41, 5.74) is 1.70. The predicted octanol–water partition coefficient (Wildman–Crippen LogP) is 3.81. The van der Waals surface area contributed by atoms with E-state index in [4.69, 9.17) is 4.74 Å². The third-order valence-electron chi connectivity index (χ3n) is 4.74. The van der Waals surface area contributed by atoms with Crippen LogP contribution in [0.5, 0.6) is 0 Å². The van der Waals surface area contributed by atoms with Gasteiger partial charge in [-0.05, 0) is 45.1 Å². The Hall–Kier alpha value is -0.340. The molecule has 0 amide bonds. The Kier molecular flexibility index (Phi) is 5.25. The molecule has 18 heavy (non-hydrogen) atoms. The second-order valence-electron chi connectivity index (χ2n) is 5.85. The van der Waals surface area contributed by atoms with Crippen LogP contribution >= 0.6 is 0 Å². The Morgan fingerprint density at radius 2 is 2.00 bits per heavy atom. The maximum atomic E-state index is 6.00. The molecule has 1 unspecified atom stereocenters. The van der Waals surface area contributed by atoms with Crippen molar-refractivity contribution in [3.63, 3.8) is 0 Å². The quantitative estimate of drug-likeness (QED) is 0.750. The van der Waals surface area contributed by atoms with Crippen LogP contribution in [0.15, 0.2) is 11.6 Å². The smallest absolute Gasteiger partial charge is 0.0869 e. The Labute approximate surface area is 112 Å². The van der Waals surface area contributed by atoms with Crippen LogP contribution in [-0.4, -0.2) is 25.3 Å². The van der Waals surface area contributed by atoms with Crippen LogP contribution in [0.4, 0.5) is 0 Å². The van der Waals surface area contributed by atoms with Gasteiger partial charge in [-0.1, -0.05) is 37.8 Å². The molecule has 0 saturated heterocycles. The molecule has 1 atom stereocenters. The zero-order valence-corrected chi connectivity index (χ0v) is 12.1. The molecule has 0 aromatic rings. The summed E-state index contributed by atoms with van der Waals surface area (Å²) in [5, 5.41) is 3.72. The topological polar surface area (TPSA) is 21.3 Å². The maximum Gasteiger partial charge on any atom is 0.0869 e. The van der Waals surface area contributed by atoms with Crippen LogP contribution in [0.3, 0.4) is 0 Å². The lowest BCUT2D eigenvalue weighted by Gasteiger charge is -2.38. The molecule has 2 nitrogen and oxygen atoms in total. The number of hydrogen-bond donors (Lipinski definition) is 1. The molecule has 0 spiro atoms. The lowest BCUT2D eigenvalue weighted by molar-refractivity contribution is -0.0263. The zero-order valence-electron chi connectivity index (χ0n) is 12.1. The second kappa shape index (κ2) is 6.72. The summed E-state index contributed by atoms with van der Waals surface area (Å²) in [6.07, 6.45) is 14.2. The van der Waals surface area contributed by atoms with Gasteiger partial charge in [0.15, 0.2) is 0 Å². The highest BCUT2D eigenvalue weighted by Gasteiger charge is 2.42. The molecular weight excluding hydrogens is 222 g/mol. The summed E-state index contributed by atoms with van der Waals surface area (Å²) in [4.78, 5) is 0. The van der Waals surface area contributed by atoms with Gasteiger partial charge >= 0.3 is 0 Å². The van der Waals surface area contributed by atoms with E-state index in [0.29, 0.717) is 6.04 Å². The first-order valence-electron chi connectivity index (χ1n) is 7.80. The summed E-state index contributed by atoms with van der Waals surface area (Å²) >= 11 is 0. The Balaban J connectivity index is 2.17. The molecule has 0 aliphatic heterocycles. The maximum absolute atomic E-state index is 6.00. The van der Waals surface area contributed by atoms with Crippen molar-refractivity contribution in [2.45, 2.75) is 76.4 Å². The van der Waals surface area contributed by atoms with E-state index in [9.17, 15) is 0 Å². The van der Waals surface area contributed by atoms with E-state index in [1.807, 2.05) is 7.11 Å². The van der Waals surface area contributed by atoms with Crippen molar-refractivity contribution in [2.24, 2.45) is 0 Å². The van der Waals surface area contributed by atoms with Gasteiger partial charge in [0, 0.05) is 7.11 Å². The number of methoxy groups -OCH3 is 1. The minimum Gasteiger partial charge on any atom is -0.376 e. The van der Waals surface area contributed by atoms with Gasteiger partial charge < -0.3 is 10.1 Å². The van der Waals surface area contributed by atoms with Crippen LogP contribution in [-0.2, 0) is 4.74 Å². The predicted molar refractivity (Wildman–Crippen MR) is 76.8 cm³/mol. The monoisotopic (exact) mass is 251 g/mol. The van der Waals surface area contributed by atoms with Crippen molar-refractivity contribution in [3.8, 4) is 0 Å². The molecular formula is C16H29NO. The number of allylic oxidation sites excluding steroid dienone is 1. The van der Waals surface area contributed by atoms with E-state index >= 15 is 0 Å². The SMILES string of the molecule is CCNC(C1=CCCCCC1)C1(OC)CCCC1. The first-order valence-corrected chi connectivity index (χ1v) is 7.80. The van der Waals surface area contributed by atoms with Gasteiger partial charge in [-0.15, -0.1) is 0 Å². The zero-order chi connectivity index (χ0) is 12.8. The molecule has 0 bridgehead atoms. The molecule has 2 rings (SSSR count). The molecule has 2 aliphatic carbocycles. The fourth-order valence-electron chi connectivity index (χ4n) is 3.75. The van der Waals surface area contributed by atoms with Gasteiger partial charge in [-0.2, -0.15) is 0 Å². The lowest BCUT2D eigenvalue weighted by atomic mass is 9.84. The van der Waals surface area contributed by atoms with Gasteiger partial charge in [0.25, 0.3) is 0 Å². The highest BCUT2D eigenvalue weighted by atomic mass is 16.5.